The summed E-state index contributed by atoms with van der Waals surface area (Å²) >= 11 is 0. The van der Waals surface area contributed by atoms with Crippen molar-refractivity contribution < 1.29 is 22.3 Å². The van der Waals surface area contributed by atoms with Crippen molar-refractivity contribution in [3.8, 4) is 0 Å². The predicted molar refractivity (Wildman–Crippen MR) is 119 cm³/mol. The number of ether oxygens (including phenoxy) is 1. The Bertz CT molecular complexity index is 1060. The Morgan fingerprint density at radius 2 is 1.88 bits per heavy atom. The molecular formula is C23H28FN3O4S. The summed E-state index contributed by atoms with van der Waals surface area (Å²) in [7, 11) is -3.63. The van der Waals surface area contributed by atoms with E-state index < -0.39 is 10.0 Å². The van der Waals surface area contributed by atoms with Crippen molar-refractivity contribution in [3.05, 3.63) is 59.9 Å². The molecule has 4 rings (SSSR count). The highest BCUT2D eigenvalue weighted by Gasteiger charge is 2.28. The molecule has 32 heavy (non-hydrogen) atoms. The number of nitrogens with zero attached hydrogens (tertiary/aromatic N) is 2. The molecule has 2 aliphatic heterocycles. The molecule has 2 aromatic carbocycles. The number of carbonyl (C=O) groups excluding carboxylic acids is 1. The number of halogens is 1. The maximum atomic E-state index is 13.5. The Kier molecular flexibility index (Phi) is 7.20. The van der Waals surface area contributed by atoms with E-state index in [0.717, 1.165) is 24.9 Å². The zero-order valence-corrected chi connectivity index (χ0v) is 18.7. The van der Waals surface area contributed by atoms with Gasteiger partial charge in [-0.1, -0.05) is 18.2 Å². The molecule has 2 heterocycles. The van der Waals surface area contributed by atoms with Gasteiger partial charge in [0.05, 0.1) is 24.7 Å². The maximum Gasteiger partial charge on any atom is 0.243 e. The van der Waals surface area contributed by atoms with Crippen LogP contribution in [0.3, 0.4) is 0 Å². The molecule has 0 spiro atoms. The standard InChI is InChI=1S/C23H28FN3O4S/c24-19-5-1-4-18(14-19)15-21-7-3-9-26(21)17-23(28)25-20-6-2-8-22(16-20)32(29,30)27-10-12-31-13-11-27/h1-2,4-6,8,14,16,21H,3,7,9-13,15,17H2,(H,25,28). The number of hydrogen-bond donors (Lipinski definition) is 1. The first kappa shape index (κ1) is 22.8. The van der Waals surface area contributed by atoms with Crippen molar-refractivity contribution in [2.75, 3.05) is 44.7 Å². The topological polar surface area (TPSA) is 79.0 Å². The molecule has 1 atom stereocenters. The fraction of sp³-hybridized carbons (Fsp3) is 0.435. The Balaban J connectivity index is 1.38. The highest BCUT2D eigenvalue weighted by atomic mass is 32.2. The van der Waals surface area contributed by atoms with Crippen LogP contribution in [0.2, 0.25) is 0 Å². The lowest BCUT2D eigenvalue weighted by Crippen LogP contribution is -2.40. The lowest BCUT2D eigenvalue weighted by atomic mass is 10.0. The number of carbonyl (C=O) groups is 1. The van der Waals surface area contributed by atoms with E-state index in [0.29, 0.717) is 38.4 Å². The highest BCUT2D eigenvalue weighted by Crippen LogP contribution is 2.23. The number of anilines is 1. The number of likely N-dealkylation sites (tertiary alicyclic amines) is 1. The van der Waals surface area contributed by atoms with E-state index in [1.165, 1.54) is 28.6 Å². The summed E-state index contributed by atoms with van der Waals surface area (Å²) in [4.78, 5) is 15.0. The van der Waals surface area contributed by atoms with Crippen LogP contribution in [0.4, 0.5) is 10.1 Å². The summed E-state index contributed by atoms with van der Waals surface area (Å²) in [6.45, 7) is 2.41. The number of sulfonamides is 1. The fourth-order valence-corrected chi connectivity index (χ4v) is 5.78. The van der Waals surface area contributed by atoms with E-state index in [9.17, 15) is 17.6 Å². The summed E-state index contributed by atoms with van der Waals surface area (Å²) < 4.78 is 45.9. The van der Waals surface area contributed by atoms with Gasteiger partial charge in [0.25, 0.3) is 0 Å². The van der Waals surface area contributed by atoms with Crippen molar-refractivity contribution in [1.82, 2.24) is 9.21 Å². The third-order valence-corrected chi connectivity index (χ3v) is 7.83. The van der Waals surface area contributed by atoms with Crippen LogP contribution in [0.25, 0.3) is 0 Å². The van der Waals surface area contributed by atoms with Crippen LogP contribution in [0, 0.1) is 5.82 Å². The van der Waals surface area contributed by atoms with E-state index in [4.69, 9.17) is 4.74 Å². The second-order valence-corrected chi connectivity index (χ2v) is 10.1. The van der Waals surface area contributed by atoms with Crippen molar-refractivity contribution in [2.24, 2.45) is 0 Å². The summed E-state index contributed by atoms with van der Waals surface area (Å²) in [5, 5.41) is 2.83. The second kappa shape index (κ2) is 10.1. The van der Waals surface area contributed by atoms with Crippen LogP contribution in [0.1, 0.15) is 18.4 Å². The Labute approximate surface area is 188 Å². The Hall–Kier alpha value is -2.33. The summed E-state index contributed by atoms with van der Waals surface area (Å²) in [6.07, 6.45) is 2.63. The zero-order valence-electron chi connectivity index (χ0n) is 17.9. The molecule has 0 saturated carbocycles. The van der Waals surface area contributed by atoms with Gasteiger partial charge in [-0.2, -0.15) is 4.31 Å². The van der Waals surface area contributed by atoms with Gasteiger partial charge < -0.3 is 10.1 Å². The molecule has 1 N–H and O–H groups in total. The molecular weight excluding hydrogens is 433 g/mol. The molecule has 172 valence electrons. The van der Waals surface area contributed by atoms with Gasteiger partial charge in [-0.3, -0.25) is 9.69 Å². The molecule has 2 aromatic rings. The van der Waals surface area contributed by atoms with Gasteiger partial charge in [0.2, 0.25) is 15.9 Å². The van der Waals surface area contributed by atoms with Crippen LogP contribution in [-0.2, 0) is 26.0 Å². The van der Waals surface area contributed by atoms with Gasteiger partial charge in [-0.15, -0.1) is 0 Å². The molecule has 0 aliphatic carbocycles. The minimum Gasteiger partial charge on any atom is -0.379 e. The molecule has 9 heteroatoms. The first-order valence-electron chi connectivity index (χ1n) is 10.9. The van der Waals surface area contributed by atoms with Gasteiger partial charge in [0, 0.05) is 24.8 Å². The molecule has 2 fully saturated rings. The van der Waals surface area contributed by atoms with E-state index in [-0.39, 0.29) is 29.2 Å². The number of hydrogen-bond acceptors (Lipinski definition) is 5. The molecule has 2 saturated heterocycles. The number of rotatable bonds is 7. The van der Waals surface area contributed by atoms with Gasteiger partial charge in [0.1, 0.15) is 5.82 Å². The monoisotopic (exact) mass is 461 g/mol. The first-order valence-corrected chi connectivity index (χ1v) is 12.3. The fourth-order valence-electron chi connectivity index (χ4n) is 4.33. The van der Waals surface area contributed by atoms with Gasteiger partial charge in [-0.25, -0.2) is 12.8 Å². The first-order chi connectivity index (χ1) is 15.4. The summed E-state index contributed by atoms with van der Waals surface area (Å²) in [5.74, 6) is -0.450. The number of amides is 1. The lowest BCUT2D eigenvalue weighted by Gasteiger charge is -2.26. The van der Waals surface area contributed by atoms with Crippen LogP contribution >= 0.6 is 0 Å². The normalized spacial score (nSPS) is 20.3. The molecule has 1 unspecified atom stereocenters. The number of morpholine rings is 1. The van der Waals surface area contributed by atoms with Crippen molar-refractivity contribution in [1.29, 1.82) is 0 Å². The quantitative estimate of drug-likeness (QED) is 0.686. The molecule has 1 amide bonds. The van der Waals surface area contributed by atoms with Crippen LogP contribution in [0.5, 0.6) is 0 Å². The average Bonchev–Trinajstić information content (AvgIpc) is 3.20. The zero-order chi connectivity index (χ0) is 22.6. The Morgan fingerprint density at radius 1 is 1.09 bits per heavy atom. The van der Waals surface area contributed by atoms with Crippen LogP contribution in [0.15, 0.2) is 53.4 Å². The second-order valence-electron chi connectivity index (χ2n) is 8.19. The molecule has 0 bridgehead atoms. The third kappa shape index (κ3) is 5.53. The minimum absolute atomic E-state index is 0.155. The van der Waals surface area contributed by atoms with E-state index in [2.05, 4.69) is 10.2 Å². The SMILES string of the molecule is O=C(CN1CCCC1Cc1cccc(F)c1)Nc1cccc(S(=O)(=O)N2CCOCC2)c1. The summed E-state index contributed by atoms with van der Waals surface area (Å²) in [5.41, 5.74) is 1.37. The van der Waals surface area contributed by atoms with Crippen LogP contribution < -0.4 is 5.32 Å². The van der Waals surface area contributed by atoms with E-state index >= 15 is 0 Å². The molecule has 2 aliphatic rings. The van der Waals surface area contributed by atoms with Crippen molar-refractivity contribution in [3.63, 3.8) is 0 Å². The molecule has 0 radical (unpaired) electrons. The smallest absolute Gasteiger partial charge is 0.243 e. The minimum atomic E-state index is -3.63. The van der Waals surface area contributed by atoms with Crippen molar-refractivity contribution in [2.45, 2.75) is 30.2 Å². The number of nitrogens with one attached hydrogen (secondary N) is 1. The largest absolute Gasteiger partial charge is 0.379 e. The maximum absolute atomic E-state index is 13.5. The molecule has 7 nitrogen and oxygen atoms in total. The van der Waals surface area contributed by atoms with Crippen LogP contribution in [-0.4, -0.2) is 69.0 Å². The average molecular weight is 462 g/mol. The predicted octanol–water partition coefficient (Wildman–Crippen LogP) is 2.49. The Morgan fingerprint density at radius 3 is 2.66 bits per heavy atom. The highest BCUT2D eigenvalue weighted by molar-refractivity contribution is 7.89. The van der Waals surface area contributed by atoms with Gasteiger partial charge in [0.15, 0.2) is 0 Å². The van der Waals surface area contributed by atoms with Gasteiger partial charge in [-0.05, 0) is 61.7 Å². The van der Waals surface area contributed by atoms with E-state index in [1.807, 2.05) is 6.07 Å². The van der Waals surface area contributed by atoms with Gasteiger partial charge >= 0.3 is 0 Å². The van der Waals surface area contributed by atoms with Crippen molar-refractivity contribution >= 4 is 21.6 Å². The lowest BCUT2D eigenvalue weighted by molar-refractivity contribution is -0.117. The number of benzene rings is 2. The van der Waals surface area contributed by atoms with E-state index in [1.54, 1.807) is 18.2 Å². The molecule has 0 aromatic heterocycles. The third-order valence-electron chi connectivity index (χ3n) is 5.93. The summed E-state index contributed by atoms with van der Waals surface area (Å²) in [6, 6.07) is 13.1.